The lowest BCUT2D eigenvalue weighted by Crippen LogP contribution is -2.57. The number of hydrogen-bond donors (Lipinski definition) is 8. The molecule has 13 nitrogen and oxygen atoms in total. The van der Waals surface area contributed by atoms with Gasteiger partial charge in [0.25, 0.3) is 0 Å². The largest absolute Gasteiger partial charge is 0.508 e. The maximum Gasteiger partial charge on any atom is 0.326 e. The Bertz CT molecular complexity index is 949. The normalized spacial score (nSPS) is 17.3. The molecule has 204 valence electrons. The van der Waals surface area contributed by atoms with Crippen LogP contribution in [0.25, 0.3) is 0 Å². The Morgan fingerprint density at radius 1 is 0.973 bits per heavy atom. The fourth-order valence-corrected chi connectivity index (χ4v) is 3.97. The number of benzene rings is 1. The highest BCUT2D eigenvalue weighted by Gasteiger charge is 2.32. The van der Waals surface area contributed by atoms with Crippen molar-refractivity contribution in [2.75, 3.05) is 13.1 Å². The van der Waals surface area contributed by atoms with E-state index in [4.69, 9.17) is 11.5 Å². The molecule has 0 radical (unpaired) electrons. The summed E-state index contributed by atoms with van der Waals surface area (Å²) in [6, 6.07) is 1.72. The lowest BCUT2D eigenvalue weighted by Gasteiger charge is -2.25. The van der Waals surface area contributed by atoms with Gasteiger partial charge in [-0.1, -0.05) is 12.1 Å². The highest BCUT2D eigenvalue weighted by atomic mass is 16.4. The summed E-state index contributed by atoms with van der Waals surface area (Å²) in [4.78, 5) is 61.7. The number of unbranched alkanes of at least 4 members (excludes halogenated alkanes) is 1. The second-order valence-electron chi connectivity index (χ2n) is 9.00. The number of phenols is 1. The lowest BCUT2D eigenvalue weighted by atomic mass is 10.0. The molecule has 0 bridgehead atoms. The van der Waals surface area contributed by atoms with E-state index in [9.17, 15) is 34.2 Å². The molecule has 1 heterocycles. The van der Waals surface area contributed by atoms with Crippen molar-refractivity contribution < 1.29 is 34.2 Å². The number of hydrogen-bond acceptors (Lipinski definition) is 8. The van der Waals surface area contributed by atoms with Crippen molar-refractivity contribution >= 4 is 29.6 Å². The zero-order valence-electron chi connectivity index (χ0n) is 20.6. The van der Waals surface area contributed by atoms with Crippen molar-refractivity contribution in [1.29, 1.82) is 0 Å². The number of aromatic hydroxyl groups is 1. The van der Waals surface area contributed by atoms with Crippen molar-refractivity contribution in [2.45, 2.75) is 69.1 Å². The summed E-state index contributed by atoms with van der Waals surface area (Å²) in [6.45, 7) is 1.11. The van der Waals surface area contributed by atoms with Crippen molar-refractivity contribution in [3.8, 4) is 5.75 Å². The average molecular weight is 521 g/mol. The van der Waals surface area contributed by atoms with Gasteiger partial charge in [0.2, 0.25) is 23.6 Å². The van der Waals surface area contributed by atoms with Gasteiger partial charge in [-0.3, -0.25) is 19.2 Å². The number of carbonyl (C=O) groups is 5. The smallest absolute Gasteiger partial charge is 0.326 e. The standard InChI is InChI=1S/C24H36N6O7/c25-10-2-1-4-17(28-21(33)16-5-3-11-27-16)22(34)29-18(12-14-6-8-15(31)9-7-14)23(35)30-19(24(36)37)13-20(26)32/h6-9,16-19,27,31H,1-5,10-13,25H2,(H2,26,32)(H,28,33)(H,29,34)(H,30,35)(H,36,37). The molecule has 0 aromatic heterocycles. The van der Waals surface area contributed by atoms with Gasteiger partial charge in [0.05, 0.1) is 12.5 Å². The summed E-state index contributed by atoms with van der Waals surface area (Å²) >= 11 is 0. The molecular formula is C24H36N6O7. The van der Waals surface area contributed by atoms with Crippen LogP contribution in [-0.4, -0.2) is 77.1 Å². The number of aliphatic carboxylic acids is 1. The minimum atomic E-state index is -1.59. The van der Waals surface area contributed by atoms with Gasteiger partial charge in [-0.2, -0.15) is 0 Å². The zero-order valence-corrected chi connectivity index (χ0v) is 20.6. The van der Waals surface area contributed by atoms with Crippen molar-refractivity contribution in [3.63, 3.8) is 0 Å². The molecule has 0 spiro atoms. The summed E-state index contributed by atoms with van der Waals surface area (Å²) in [5.41, 5.74) is 11.2. The summed E-state index contributed by atoms with van der Waals surface area (Å²) in [7, 11) is 0. The first kappa shape index (κ1) is 29.5. The molecule has 0 aliphatic carbocycles. The summed E-state index contributed by atoms with van der Waals surface area (Å²) in [5, 5.41) is 29.6. The average Bonchev–Trinajstić information content (AvgIpc) is 3.39. The lowest BCUT2D eigenvalue weighted by molar-refractivity contribution is -0.143. The molecule has 1 fully saturated rings. The molecule has 1 aromatic carbocycles. The molecule has 1 aliphatic heterocycles. The minimum Gasteiger partial charge on any atom is -0.508 e. The summed E-state index contributed by atoms with van der Waals surface area (Å²) in [5.74, 6) is -4.17. The van der Waals surface area contributed by atoms with Crippen LogP contribution in [0.1, 0.15) is 44.1 Å². The molecule has 13 heteroatoms. The van der Waals surface area contributed by atoms with Crippen LogP contribution in [0.3, 0.4) is 0 Å². The first-order chi connectivity index (χ1) is 17.6. The zero-order chi connectivity index (χ0) is 27.4. The van der Waals surface area contributed by atoms with Crippen LogP contribution in [0, 0.1) is 0 Å². The molecule has 2 rings (SSSR count). The number of amides is 4. The van der Waals surface area contributed by atoms with Crippen molar-refractivity contribution in [2.24, 2.45) is 11.5 Å². The number of nitrogens with one attached hydrogen (secondary N) is 4. The third kappa shape index (κ3) is 10.1. The molecule has 10 N–H and O–H groups in total. The third-order valence-electron chi connectivity index (χ3n) is 5.99. The van der Waals surface area contributed by atoms with E-state index in [0.717, 1.165) is 6.42 Å². The molecule has 0 saturated carbocycles. The summed E-state index contributed by atoms with van der Waals surface area (Å²) in [6.07, 6.45) is 2.28. The van der Waals surface area contributed by atoms with Gasteiger partial charge in [-0.25, -0.2) is 4.79 Å². The molecular weight excluding hydrogens is 484 g/mol. The van der Waals surface area contributed by atoms with Crippen LogP contribution >= 0.6 is 0 Å². The first-order valence-electron chi connectivity index (χ1n) is 12.2. The van der Waals surface area contributed by atoms with Crippen LogP contribution in [0.15, 0.2) is 24.3 Å². The van der Waals surface area contributed by atoms with E-state index in [1.54, 1.807) is 12.1 Å². The number of phenolic OH excluding ortho intramolecular Hbond substituents is 1. The van der Waals surface area contributed by atoms with E-state index in [1.165, 1.54) is 12.1 Å². The van der Waals surface area contributed by atoms with Crippen LogP contribution < -0.4 is 32.7 Å². The molecule has 4 amide bonds. The van der Waals surface area contributed by atoms with Gasteiger partial charge in [0, 0.05) is 6.42 Å². The molecule has 4 atom stereocenters. The number of carboxylic acid groups (broad SMARTS) is 1. The van der Waals surface area contributed by atoms with Crippen LogP contribution in [0.4, 0.5) is 0 Å². The first-order valence-corrected chi connectivity index (χ1v) is 12.2. The fraction of sp³-hybridized carbons (Fsp3) is 0.542. The second-order valence-corrected chi connectivity index (χ2v) is 9.00. The van der Waals surface area contributed by atoms with E-state index in [-0.39, 0.29) is 24.5 Å². The second kappa shape index (κ2) is 14.8. The number of carboxylic acids is 1. The predicted molar refractivity (Wildman–Crippen MR) is 133 cm³/mol. The van der Waals surface area contributed by atoms with E-state index in [1.807, 2.05) is 0 Å². The van der Waals surface area contributed by atoms with Gasteiger partial charge in [0.15, 0.2) is 0 Å². The van der Waals surface area contributed by atoms with Crippen LogP contribution in [0.5, 0.6) is 5.75 Å². The van der Waals surface area contributed by atoms with Crippen LogP contribution in [0.2, 0.25) is 0 Å². The number of primary amides is 1. The quantitative estimate of drug-likeness (QED) is 0.122. The van der Waals surface area contributed by atoms with Crippen molar-refractivity contribution in [1.82, 2.24) is 21.3 Å². The van der Waals surface area contributed by atoms with Gasteiger partial charge >= 0.3 is 5.97 Å². The van der Waals surface area contributed by atoms with E-state index in [0.29, 0.717) is 37.9 Å². The van der Waals surface area contributed by atoms with Crippen LogP contribution in [-0.2, 0) is 30.4 Å². The number of nitrogens with two attached hydrogens (primary N) is 2. The maximum atomic E-state index is 13.3. The number of rotatable bonds is 15. The molecule has 1 aromatic rings. The topological polar surface area (TPSA) is 226 Å². The van der Waals surface area contributed by atoms with Crippen molar-refractivity contribution in [3.05, 3.63) is 29.8 Å². The SMILES string of the molecule is NCCCCC(NC(=O)C1CCCN1)C(=O)NC(Cc1ccc(O)cc1)C(=O)NC(CC(N)=O)C(=O)O. The van der Waals surface area contributed by atoms with E-state index >= 15 is 0 Å². The Morgan fingerprint density at radius 3 is 2.19 bits per heavy atom. The Kier molecular flexibility index (Phi) is 11.8. The highest BCUT2D eigenvalue weighted by molar-refractivity contribution is 5.95. The Hall–Kier alpha value is -3.71. The van der Waals surface area contributed by atoms with E-state index in [2.05, 4.69) is 21.3 Å². The Labute approximate surface area is 214 Å². The third-order valence-corrected chi connectivity index (χ3v) is 5.99. The van der Waals surface area contributed by atoms with Gasteiger partial charge in [-0.05, 0) is 62.9 Å². The molecule has 37 heavy (non-hydrogen) atoms. The Morgan fingerprint density at radius 2 is 1.62 bits per heavy atom. The van der Waals surface area contributed by atoms with Gasteiger partial charge in [0.1, 0.15) is 23.9 Å². The molecule has 4 unspecified atom stereocenters. The highest BCUT2D eigenvalue weighted by Crippen LogP contribution is 2.13. The predicted octanol–water partition coefficient (Wildman–Crippen LogP) is -1.77. The number of carbonyl (C=O) groups excluding carboxylic acids is 4. The fourth-order valence-electron chi connectivity index (χ4n) is 3.97. The molecule has 1 aliphatic rings. The molecule has 1 saturated heterocycles. The van der Waals surface area contributed by atoms with Gasteiger partial charge in [-0.15, -0.1) is 0 Å². The van der Waals surface area contributed by atoms with E-state index < -0.39 is 54.3 Å². The summed E-state index contributed by atoms with van der Waals surface area (Å²) < 4.78 is 0. The minimum absolute atomic E-state index is 0.00406. The monoisotopic (exact) mass is 520 g/mol. The van der Waals surface area contributed by atoms with Gasteiger partial charge < -0.3 is 42.9 Å². The Balaban J connectivity index is 2.21. The maximum absolute atomic E-state index is 13.3.